The first-order chi connectivity index (χ1) is 9.22. The number of hydrogen-bond donors (Lipinski definition) is 1. The predicted molar refractivity (Wildman–Crippen MR) is 80.5 cm³/mol. The zero-order chi connectivity index (χ0) is 13.7. The number of nitrogens with zero attached hydrogens (tertiary/aromatic N) is 1. The normalized spacial score (nSPS) is 11.2. The molecule has 0 unspecified atom stereocenters. The van der Waals surface area contributed by atoms with E-state index in [2.05, 4.69) is 42.3 Å². The Morgan fingerprint density at radius 2 is 1.84 bits per heavy atom. The number of fused-ring (bicyclic) bond motifs is 1. The summed E-state index contributed by atoms with van der Waals surface area (Å²) < 4.78 is 5.24. The fourth-order valence-electron chi connectivity index (χ4n) is 2.25. The van der Waals surface area contributed by atoms with E-state index in [0.717, 1.165) is 31.8 Å². The van der Waals surface area contributed by atoms with Gasteiger partial charge in [-0.2, -0.15) is 0 Å². The Labute approximate surface area is 115 Å². The van der Waals surface area contributed by atoms with E-state index in [-0.39, 0.29) is 0 Å². The molecule has 2 N–H and O–H groups in total. The second-order valence-electron chi connectivity index (χ2n) is 4.93. The van der Waals surface area contributed by atoms with Gasteiger partial charge in [-0.25, -0.2) is 0 Å². The highest BCUT2D eigenvalue weighted by molar-refractivity contribution is 5.84. The minimum Gasteiger partial charge on any atom is -0.497 e. The van der Waals surface area contributed by atoms with E-state index < -0.39 is 0 Å². The van der Waals surface area contributed by atoms with Crippen LogP contribution < -0.4 is 10.5 Å². The van der Waals surface area contributed by atoms with Gasteiger partial charge in [0, 0.05) is 6.54 Å². The summed E-state index contributed by atoms with van der Waals surface area (Å²) in [5.74, 6) is 0.903. The Balaban J connectivity index is 2.13. The largest absolute Gasteiger partial charge is 0.497 e. The number of benzene rings is 2. The van der Waals surface area contributed by atoms with Crippen LogP contribution in [-0.2, 0) is 6.54 Å². The molecule has 3 nitrogen and oxygen atoms in total. The average molecular weight is 258 g/mol. The highest BCUT2D eigenvalue weighted by atomic mass is 16.5. The molecule has 0 aromatic heterocycles. The average Bonchev–Trinajstić information content (AvgIpc) is 2.44. The lowest BCUT2D eigenvalue weighted by Gasteiger charge is -2.16. The summed E-state index contributed by atoms with van der Waals surface area (Å²) >= 11 is 0. The van der Waals surface area contributed by atoms with Crippen molar-refractivity contribution in [2.75, 3.05) is 27.2 Å². The molecule has 0 fully saturated rings. The van der Waals surface area contributed by atoms with E-state index in [1.54, 1.807) is 7.11 Å². The number of methoxy groups -OCH3 is 1. The topological polar surface area (TPSA) is 38.5 Å². The van der Waals surface area contributed by atoms with Crippen LogP contribution in [0.15, 0.2) is 36.4 Å². The number of ether oxygens (including phenoxy) is 1. The van der Waals surface area contributed by atoms with Gasteiger partial charge in [0.1, 0.15) is 5.75 Å². The molecule has 0 saturated carbocycles. The molecule has 0 bridgehead atoms. The molecule has 0 heterocycles. The van der Waals surface area contributed by atoms with E-state index in [0.29, 0.717) is 0 Å². The van der Waals surface area contributed by atoms with Crippen molar-refractivity contribution in [1.29, 1.82) is 0 Å². The summed E-state index contributed by atoms with van der Waals surface area (Å²) in [5.41, 5.74) is 6.86. The van der Waals surface area contributed by atoms with Gasteiger partial charge in [0.2, 0.25) is 0 Å². The van der Waals surface area contributed by atoms with Gasteiger partial charge in [-0.3, -0.25) is 0 Å². The lowest BCUT2D eigenvalue weighted by atomic mass is 10.1. The third-order valence-corrected chi connectivity index (χ3v) is 3.31. The zero-order valence-electron chi connectivity index (χ0n) is 11.7. The van der Waals surface area contributed by atoms with E-state index in [1.807, 2.05) is 6.07 Å². The summed E-state index contributed by atoms with van der Waals surface area (Å²) in [6.45, 7) is 2.75. The molecule has 0 atom stereocenters. The molecule has 0 radical (unpaired) electrons. The van der Waals surface area contributed by atoms with Crippen LogP contribution in [0.5, 0.6) is 5.75 Å². The Morgan fingerprint density at radius 1 is 1.11 bits per heavy atom. The molecule has 0 aliphatic rings. The van der Waals surface area contributed by atoms with Crippen LogP contribution in [0.3, 0.4) is 0 Å². The lowest BCUT2D eigenvalue weighted by molar-refractivity contribution is 0.324. The molecule has 2 aromatic carbocycles. The minimum absolute atomic E-state index is 0.752. The first kappa shape index (κ1) is 13.8. The molecule has 0 aliphatic carbocycles. The maximum atomic E-state index is 5.53. The van der Waals surface area contributed by atoms with Crippen molar-refractivity contribution in [2.24, 2.45) is 5.73 Å². The predicted octanol–water partition coefficient (Wildman–Crippen LogP) is 2.63. The molecular weight excluding hydrogens is 236 g/mol. The smallest absolute Gasteiger partial charge is 0.119 e. The molecule has 2 rings (SSSR count). The Kier molecular flexibility index (Phi) is 4.77. The maximum Gasteiger partial charge on any atom is 0.119 e. The van der Waals surface area contributed by atoms with Crippen LogP contribution in [-0.4, -0.2) is 32.1 Å². The van der Waals surface area contributed by atoms with E-state index in [9.17, 15) is 0 Å². The fourth-order valence-corrected chi connectivity index (χ4v) is 2.25. The molecule has 2 aromatic rings. The van der Waals surface area contributed by atoms with E-state index >= 15 is 0 Å². The second kappa shape index (κ2) is 6.55. The number of hydrogen-bond acceptors (Lipinski definition) is 3. The molecule has 0 aliphatic heterocycles. The number of nitrogens with two attached hydrogens (primary N) is 1. The molecule has 0 amide bonds. The van der Waals surface area contributed by atoms with Gasteiger partial charge in [0.05, 0.1) is 7.11 Å². The molecule has 0 spiro atoms. The van der Waals surface area contributed by atoms with Gasteiger partial charge in [-0.15, -0.1) is 0 Å². The van der Waals surface area contributed by atoms with Crippen LogP contribution in [0, 0.1) is 0 Å². The molecule has 19 heavy (non-hydrogen) atoms. The standard InChI is InChI=1S/C16H22N2O/c1-18(9-3-8-17)12-13-4-5-15-11-16(19-2)7-6-14(15)10-13/h4-7,10-11H,3,8-9,12,17H2,1-2H3. The summed E-state index contributed by atoms with van der Waals surface area (Å²) in [7, 11) is 3.83. The van der Waals surface area contributed by atoms with Crippen LogP contribution >= 0.6 is 0 Å². The molecule has 3 heteroatoms. The van der Waals surface area contributed by atoms with Crippen LogP contribution in [0.1, 0.15) is 12.0 Å². The van der Waals surface area contributed by atoms with Crippen molar-refractivity contribution >= 4 is 10.8 Å². The number of rotatable bonds is 6. The van der Waals surface area contributed by atoms with Crippen molar-refractivity contribution in [1.82, 2.24) is 4.90 Å². The van der Waals surface area contributed by atoms with Gasteiger partial charge in [0.25, 0.3) is 0 Å². The monoisotopic (exact) mass is 258 g/mol. The van der Waals surface area contributed by atoms with Gasteiger partial charge >= 0.3 is 0 Å². The highest BCUT2D eigenvalue weighted by Crippen LogP contribution is 2.22. The summed E-state index contributed by atoms with van der Waals surface area (Å²) in [5, 5.41) is 2.47. The quantitative estimate of drug-likeness (QED) is 0.865. The first-order valence-electron chi connectivity index (χ1n) is 6.68. The van der Waals surface area contributed by atoms with Crippen molar-refractivity contribution < 1.29 is 4.74 Å². The minimum atomic E-state index is 0.752. The lowest BCUT2D eigenvalue weighted by Crippen LogP contribution is -2.21. The third kappa shape index (κ3) is 3.69. The van der Waals surface area contributed by atoms with E-state index in [4.69, 9.17) is 10.5 Å². The van der Waals surface area contributed by atoms with Crippen molar-refractivity contribution in [3.8, 4) is 5.75 Å². The Bertz CT molecular complexity index is 539. The van der Waals surface area contributed by atoms with Gasteiger partial charge in [-0.05, 0) is 61.1 Å². The first-order valence-corrected chi connectivity index (χ1v) is 6.68. The van der Waals surface area contributed by atoms with Crippen molar-refractivity contribution in [3.63, 3.8) is 0 Å². The van der Waals surface area contributed by atoms with Gasteiger partial charge in [-0.1, -0.05) is 18.2 Å². The van der Waals surface area contributed by atoms with Crippen LogP contribution in [0.2, 0.25) is 0 Å². The summed E-state index contributed by atoms with van der Waals surface area (Å²) in [6, 6.07) is 12.8. The summed E-state index contributed by atoms with van der Waals surface area (Å²) in [6.07, 6.45) is 1.04. The molecular formula is C16H22N2O. The molecule has 0 saturated heterocycles. The van der Waals surface area contributed by atoms with Gasteiger partial charge < -0.3 is 15.4 Å². The van der Waals surface area contributed by atoms with Gasteiger partial charge in [0.15, 0.2) is 0 Å². The fraction of sp³-hybridized carbons (Fsp3) is 0.375. The third-order valence-electron chi connectivity index (χ3n) is 3.31. The SMILES string of the molecule is COc1ccc2cc(CN(C)CCCN)ccc2c1. The highest BCUT2D eigenvalue weighted by Gasteiger charge is 2.02. The van der Waals surface area contributed by atoms with Crippen molar-refractivity contribution in [2.45, 2.75) is 13.0 Å². The Hall–Kier alpha value is -1.58. The summed E-state index contributed by atoms with van der Waals surface area (Å²) in [4.78, 5) is 2.30. The van der Waals surface area contributed by atoms with Crippen molar-refractivity contribution in [3.05, 3.63) is 42.0 Å². The van der Waals surface area contributed by atoms with E-state index in [1.165, 1.54) is 16.3 Å². The Morgan fingerprint density at radius 3 is 2.58 bits per heavy atom. The maximum absolute atomic E-state index is 5.53. The van der Waals surface area contributed by atoms with Crippen LogP contribution in [0.25, 0.3) is 10.8 Å². The molecule has 102 valence electrons. The second-order valence-corrected chi connectivity index (χ2v) is 4.93. The van der Waals surface area contributed by atoms with Crippen LogP contribution in [0.4, 0.5) is 0 Å². The zero-order valence-corrected chi connectivity index (χ0v) is 11.7.